The predicted molar refractivity (Wildman–Crippen MR) is 72.4 cm³/mol. The summed E-state index contributed by atoms with van der Waals surface area (Å²) in [6, 6.07) is 4.49. The first kappa shape index (κ1) is 15.4. The second-order valence-corrected chi connectivity index (χ2v) is 4.72. The lowest BCUT2D eigenvalue weighted by molar-refractivity contribution is -0.128. The Morgan fingerprint density at radius 1 is 1.47 bits per heavy atom. The zero-order chi connectivity index (χ0) is 14.4. The van der Waals surface area contributed by atoms with Gasteiger partial charge in [-0.2, -0.15) is 0 Å². The molecule has 5 heteroatoms. The maximum absolute atomic E-state index is 13.7. The molecule has 0 saturated heterocycles. The number of carbonyl (C=O) groups excluding carboxylic acids is 1. The van der Waals surface area contributed by atoms with Gasteiger partial charge in [0.05, 0.1) is 6.61 Å². The van der Waals surface area contributed by atoms with Crippen molar-refractivity contribution in [2.24, 2.45) is 5.73 Å². The Morgan fingerprint density at radius 3 is 2.68 bits per heavy atom. The lowest BCUT2D eigenvalue weighted by Crippen LogP contribution is -2.21. The smallest absolute Gasteiger partial charge is 0.222 e. The second kappa shape index (κ2) is 7.09. The molecule has 19 heavy (non-hydrogen) atoms. The average Bonchev–Trinajstić information content (AvgIpc) is 2.35. The molecular formula is C14H21FN2O2. The average molecular weight is 268 g/mol. The van der Waals surface area contributed by atoms with Crippen LogP contribution in [0.25, 0.3) is 0 Å². The highest BCUT2D eigenvalue weighted by atomic mass is 19.1. The van der Waals surface area contributed by atoms with Gasteiger partial charge in [-0.15, -0.1) is 0 Å². The van der Waals surface area contributed by atoms with Gasteiger partial charge in [-0.1, -0.05) is 6.07 Å². The molecule has 0 radical (unpaired) electrons. The largest absolute Gasteiger partial charge is 0.491 e. The van der Waals surface area contributed by atoms with E-state index in [0.717, 1.165) is 5.56 Å². The Labute approximate surface area is 113 Å². The maximum atomic E-state index is 13.7. The van der Waals surface area contributed by atoms with Crippen molar-refractivity contribution in [2.75, 3.05) is 20.7 Å². The molecule has 1 rings (SSSR count). The van der Waals surface area contributed by atoms with Crippen LogP contribution in [-0.2, 0) is 4.79 Å². The first-order chi connectivity index (χ1) is 8.91. The number of amides is 1. The molecular weight excluding hydrogens is 247 g/mol. The second-order valence-electron chi connectivity index (χ2n) is 4.72. The summed E-state index contributed by atoms with van der Waals surface area (Å²) in [4.78, 5) is 12.8. The molecule has 0 aliphatic heterocycles. The molecule has 106 valence electrons. The molecule has 0 saturated carbocycles. The quantitative estimate of drug-likeness (QED) is 0.804. The summed E-state index contributed by atoms with van der Waals surface area (Å²) in [6.45, 7) is 2.11. The van der Waals surface area contributed by atoms with Crippen LogP contribution in [0.1, 0.15) is 31.4 Å². The van der Waals surface area contributed by atoms with Crippen molar-refractivity contribution in [3.63, 3.8) is 0 Å². The van der Waals surface area contributed by atoms with Crippen molar-refractivity contribution >= 4 is 5.91 Å². The molecule has 4 nitrogen and oxygen atoms in total. The number of halogens is 1. The van der Waals surface area contributed by atoms with E-state index in [9.17, 15) is 9.18 Å². The van der Waals surface area contributed by atoms with Gasteiger partial charge in [-0.05, 0) is 31.0 Å². The third-order valence-corrected chi connectivity index (χ3v) is 2.77. The van der Waals surface area contributed by atoms with Crippen molar-refractivity contribution in [1.29, 1.82) is 0 Å². The van der Waals surface area contributed by atoms with Gasteiger partial charge in [0, 0.05) is 26.6 Å². The minimum atomic E-state index is -0.422. The minimum Gasteiger partial charge on any atom is -0.491 e. The van der Waals surface area contributed by atoms with Crippen LogP contribution in [0.3, 0.4) is 0 Å². The molecule has 1 amide bonds. The van der Waals surface area contributed by atoms with E-state index in [1.165, 1.54) is 11.0 Å². The number of hydrogen-bond donors (Lipinski definition) is 1. The lowest BCUT2D eigenvalue weighted by atomic mass is 10.1. The van der Waals surface area contributed by atoms with E-state index in [1.807, 2.05) is 0 Å². The van der Waals surface area contributed by atoms with Gasteiger partial charge in [0.1, 0.15) is 0 Å². The van der Waals surface area contributed by atoms with Gasteiger partial charge in [0.2, 0.25) is 5.91 Å². The highest BCUT2D eigenvalue weighted by molar-refractivity contribution is 5.75. The minimum absolute atomic E-state index is 0.0383. The van der Waals surface area contributed by atoms with Crippen molar-refractivity contribution in [3.05, 3.63) is 29.6 Å². The third-order valence-electron chi connectivity index (χ3n) is 2.77. The van der Waals surface area contributed by atoms with Gasteiger partial charge < -0.3 is 15.4 Å². The first-order valence-corrected chi connectivity index (χ1v) is 6.29. The number of benzene rings is 1. The molecule has 0 unspecified atom stereocenters. The molecule has 0 aromatic heterocycles. The summed E-state index contributed by atoms with van der Waals surface area (Å²) in [5, 5.41) is 0. The normalized spacial score (nSPS) is 12.1. The number of nitrogens with two attached hydrogens (primary N) is 1. The van der Waals surface area contributed by atoms with E-state index in [-0.39, 0.29) is 17.7 Å². The Hall–Kier alpha value is -1.62. The number of hydrogen-bond acceptors (Lipinski definition) is 3. The summed E-state index contributed by atoms with van der Waals surface area (Å²) in [5.41, 5.74) is 6.40. The van der Waals surface area contributed by atoms with Crippen molar-refractivity contribution in [3.8, 4) is 5.75 Å². The molecule has 1 atom stereocenters. The Morgan fingerprint density at radius 2 is 2.16 bits per heavy atom. The summed E-state index contributed by atoms with van der Waals surface area (Å²) in [6.07, 6.45) is 0.956. The van der Waals surface area contributed by atoms with Crippen LogP contribution in [0.4, 0.5) is 4.39 Å². The fourth-order valence-corrected chi connectivity index (χ4v) is 1.55. The van der Waals surface area contributed by atoms with Crippen LogP contribution in [0.5, 0.6) is 5.75 Å². The van der Waals surface area contributed by atoms with Gasteiger partial charge in [-0.25, -0.2) is 4.39 Å². The summed E-state index contributed by atoms with van der Waals surface area (Å²) >= 11 is 0. The van der Waals surface area contributed by atoms with Gasteiger partial charge in [-0.3, -0.25) is 4.79 Å². The summed E-state index contributed by atoms with van der Waals surface area (Å²) in [7, 11) is 3.41. The molecule has 0 bridgehead atoms. The van der Waals surface area contributed by atoms with Crippen LogP contribution in [0, 0.1) is 5.82 Å². The van der Waals surface area contributed by atoms with Crippen LogP contribution >= 0.6 is 0 Å². The maximum Gasteiger partial charge on any atom is 0.222 e. The van der Waals surface area contributed by atoms with Crippen LogP contribution in [-0.4, -0.2) is 31.5 Å². The SMILES string of the molecule is C[C@@H](N)c1ccc(OCCCC(=O)N(C)C)c(F)c1. The monoisotopic (exact) mass is 268 g/mol. The molecule has 2 N–H and O–H groups in total. The Balaban J connectivity index is 2.44. The standard InChI is InChI=1S/C14H21FN2O2/c1-10(16)11-6-7-13(12(15)9-11)19-8-4-5-14(18)17(2)3/h6-7,9-10H,4-5,8,16H2,1-3H3/t10-/m1/s1. The van der Waals surface area contributed by atoms with Crippen LogP contribution < -0.4 is 10.5 Å². The van der Waals surface area contributed by atoms with E-state index >= 15 is 0 Å². The number of rotatable bonds is 6. The Bertz CT molecular complexity index is 433. The fraction of sp³-hybridized carbons (Fsp3) is 0.500. The summed E-state index contributed by atoms with van der Waals surface area (Å²) < 4.78 is 19.0. The molecule has 0 fully saturated rings. The van der Waals surface area contributed by atoms with Gasteiger partial charge in [0.15, 0.2) is 11.6 Å². The molecule has 1 aromatic carbocycles. The van der Waals surface area contributed by atoms with Crippen LogP contribution in [0.15, 0.2) is 18.2 Å². The number of nitrogens with zero attached hydrogens (tertiary/aromatic N) is 1. The molecule has 0 spiro atoms. The van der Waals surface area contributed by atoms with Gasteiger partial charge in [0.25, 0.3) is 0 Å². The lowest BCUT2D eigenvalue weighted by Gasteiger charge is -2.12. The summed E-state index contributed by atoms with van der Waals surface area (Å²) in [5.74, 6) is -0.188. The predicted octanol–water partition coefficient (Wildman–Crippen LogP) is 2.09. The topological polar surface area (TPSA) is 55.6 Å². The first-order valence-electron chi connectivity index (χ1n) is 6.29. The molecule has 1 aromatic rings. The fourth-order valence-electron chi connectivity index (χ4n) is 1.55. The van der Waals surface area contributed by atoms with Crippen molar-refractivity contribution < 1.29 is 13.9 Å². The van der Waals surface area contributed by atoms with E-state index in [0.29, 0.717) is 19.4 Å². The number of ether oxygens (including phenoxy) is 1. The van der Waals surface area contributed by atoms with E-state index in [2.05, 4.69) is 0 Å². The highest BCUT2D eigenvalue weighted by Gasteiger charge is 2.08. The Kier molecular flexibility index (Phi) is 5.76. The zero-order valence-corrected chi connectivity index (χ0v) is 11.6. The third kappa shape index (κ3) is 4.87. The highest BCUT2D eigenvalue weighted by Crippen LogP contribution is 2.21. The van der Waals surface area contributed by atoms with Crippen molar-refractivity contribution in [1.82, 2.24) is 4.90 Å². The van der Waals surface area contributed by atoms with E-state index < -0.39 is 5.82 Å². The molecule has 0 heterocycles. The van der Waals surface area contributed by atoms with Gasteiger partial charge >= 0.3 is 0 Å². The number of carbonyl (C=O) groups is 1. The van der Waals surface area contributed by atoms with E-state index in [4.69, 9.17) is 10.5 Å². The van der Waals surface area contributed by atoms with E-state index in [1.54, 1.807) is 33.2 Å². The molecule has 0 aliphatic carbocycles. The zero-order valence-electron chi connectivity index (χ0n) is 11.6. The van der Waals surface area contributed by atoms with Crippen molar-refractivity contribution in [2.45, 2.75) is 25.8 Å². The van der Waals surface area contributed by atoms with Crippen LogP contribution in [0.2, 0.25) is 0 Å². The molecule has 0 aliphatic rings.